The zero-order valence-corrected chi connectivity index (χ0v) is 16.0. The fourth-order valence-electron chi connectivity index (χ4n) is 3.56. The number of fused-ring (bicyclic) bond motifs is 3. The molecule has 9 heteroatoms. The lowest BCUT2D eigenvalue weighted by Gasteiger charge is -2.15. The Hall–Kier alpha value is -3.88. The summed E-state index contributed by atoms with van der Waals surface area (Å²) in [5.74, 6) is -0.499. The largest absolute Gasteiger partial charge is 0.332 e. The lowest BCUT2D eigenvalue weighted by atomic mass is 10.2. The van der Waals surface area contributed by atoms with Gasteiger partial charge in [-0.05, 0) is 56.3 Å². The molecule has 3 heterocycles. The van der Waals surface area contributed by atoms with E-state index < -0.39 is 5.82 Å². The van der Waals surface area contributed by atoms with Crippen LogP contribution in [0.15, 0.2) is 58.1 Å². The third-order valence-electron chi connectivity index (χ3n) is 4.89. The van der Waals surface area contributed by atoms with E-state index in [1.807, 2.05) is 13.8 Å². The molecule has 150 valence electrons. The van der Waals surface area contributed by atoms with Gasteiger partial charge in [0, 0.05) is 11.6 Å². The highest BCUT2D eigenvalue weighted by Crippen LogP contribution is 2.27. The van der Waals surface area contributed by atoms with Gasteiger partial charge in [-0.1, -0.05) is 5.16 Å². The highest BCUT2D eigenvalue weighted by atomic mass is 19.1. The minimum Gasteiger partial charge on any atom is -0.332 e. The van der Waals surface area contributed by atoms with E-state index in [1.54, 1.807) is 10.5 Å². The van der Waals surface area contributed by atoms with Crippen LogP contribution in [-0.2, 0) is 0 Å². The molecule has 5 aromatic rings. The van der Waals surface area contributed by atoms with Gasteiger partial charge in [0.05, 0.1) is 11.0 Å². The zero-order valence-electron chi connectivity index (χ0n) is 16.0. The van der Waals surface area contributed by atoms with Gasteiger partial charge in [0.1, 0.15) is 23.5 Å². The molecule has 2 aromatic carbocycles. The first-order chi connectivity index (χ1) is 14.4. The molecule has 0 saturated carbocycles. The van der Waals surface area contributed by atoms with Crippen molar-refractivity contribution < 1.29 is 13.3 Å². The molecule has 0 fully saturated rings. The second kappa shape index (κ2) is 6.58. The Balaban J connectivity index is 1.76. The Kier molecular flexibility index (Phi) is 3.99. The fourth-order valence-corrected chi connectivity index (χ4v) is 3.56. The van der Waals surface area contributed by atoms with Crippen LogP contribution in [0.5, 0.6) is 0 Å². The van der Waals surface area contributed by atoms with E-state index in [4.69, 9.17) is 4.52 Å². The quantitative estimate of drug-likeness (QED) is 0.447. The summed E-state index contributed by atoms with van der Waals surface area (Å²) >= 11 is 0. The number of rotatable bonds is 3. The Morgan fingerprint density at radius 3 is 2.47 bits per heavy atom. The van der Waals surface area contributed by atoms with Gasteiger partial charge in [-0.25, -0.2) is 13.8 Å². The van der Waals surface area contributed by atoms with Crippen LogP contribution in [0.2, 0.25) is 0 Å². The van der Waals surface area contributed by atoms with Crippen molar-refractivity contribution >= 4 is 16.6 Å². The molecule has 5 rings (SSSR count). The first-order valence-electron chi connectivity index (χ1n) is 9.25. The Bertz CT molecular complexity index is 1470. The maximum Gasteiger partial charge on any atom is 0.279 e. The van der Waals surface area contributed by atoms with Crippen LogP contribution < -0.4 is 5.56 Å². The van der Waals surface area contributed by atoms with E-state index in [1.165, 1.54) is 47.3 Å². The van der Waals surface area contributed by atoms with Crippen molar-refractivity contribution in [1.82, 2.24) is 24.1 Å². The number of aromatic nitrogens is 5. The van der Waals surface area contributed by atoms with E-state index in [2.05, 4.69) is 15.1 Å². The van der Waals surface area contributed by atoms with Crippen LogP contribution in [0.4, 0.5) is 8.78 Å². The van der Waals surface area contributed by atoms with Gasteiger partial charge in [0.2, 0.25) is 5.82 Å². The minimum atomic E-state index is -0.433. The molecule has 0 amide bonds. The summed E-state index contributed by atoms with van der Waals surface area (Å²) in [4.78, 5) is 22.0. The SMILES string of the molecule is CC(C)n1c(=O)c2c(-c3nc(-c4ccc(F)cc4)no3)ncn2c2ccc(F)cc21. The van der Waals surface area contributed by atoms with Crippen molar-refractivity contribution in [1.29, 1.82) is 0 Å². The molecule has 0 atom stereocenters. The number of benzene rings is 2. The van der Waals surface area contributed by atoms with Gasteiger partial charge >= 0.3 is 0 Å². The van der Waals surface area contributed by atoms with E-state index in [9.17, 15) is 13.6 Å². The van der Waals surface area contributed by atoms with Crippen LogP contribution in [0.3, 0.4) is 0 Å². The first kappa shape index (κ1) is 18.2. The molecule has 3 aromatic heterocycles. The van der Waals surface area contributed by atoms with Gasteiger partial charge in [0.15, 0.2) is 5.69 Å². The number of hydrogen-bond donors (Lipinski definition) is 0. The Morgan fingerprint density at radius 1 is 1.00 bits per heavy atom. The van der Waals surface area contributed by atoms with Gasteiger partial charge in [-0.3, -0.25) is 9.20 Å². The molecular formula is C21H15F2N5O2. The molecule has 0 aliphatic heterocycles. The summed E-state index contributed by atoms with van der Waals surface area (Å²) in [6.45, 7) is 3.69. The van der Waals surface area contributed by atoms with Crippen LogP contribution in [0, 0.1) is 11.6 Å². The molecular weight excluding hydrogens is 392 g/mol. The molecule has 0 aliphatic carbocycles. The number of imidazole rings is 1. The molecule has 0 radical (unpaired) electrons. The molecule has 30 heavy (non-hydrogen) atoms. The van der Waals surface area contributed by atoms with E-state index in [0.717, 1.165) is 0 Å². The maximum absolute atomic E-state index is 13.9. The normalized spacial score (nSPS) is 11.8. The molecule has 0 N–H and O–H groups in total. The summed E-state index contributed by atoms with van der Waals surface area (Å²) in [6.07, 6.45) is 1.47. The lowest BCUT2D eigenvalue weighted by Crippen LogP contribution is -2.24. The molecule has 0 unspecified atom stereocenters. The van der Waals surface area contributed by atoms with E-state index in [0.29, 0.717) is 16.6 Å². The van der Waals surface area contributed by atoms with Crippen molar-refractivity contribution in [2.45, 2.75) is 19.9 Å². The topological polar surface area (TPSA) is 78.2 Å². The zero-order chi connectivity index (χ0) is 21.0. The maximum atomic E-state index is 13.9. The van der Waals surface area contributed by atoms with E-state index >= 15 is 0 Å². The summed E-state index contributed by atoms with van der Waals surface area (Å²) in [7, 11) is 0. The van der Waals surface area contributed by atoms with Gasteiger partial charge in [0.25, 0.3) is 11.4 Å². The highest BCUT2D eigenvalue weighted by molar-refractivity contribution is 5.83. The van der Waals surface area contributed by atoms with Crippen molar-refractivity contribution in [3.05, 3.63) is 70.8 Å². The van der Waals surface area contributed by atoms with Crippen LogP contribution in [0.25, 0.3) is 39.5 Å². The van der Waals surface area contributed by atoms with Crippen LogP contribution in [-0.4, -0.2) is 24.1 Å². The second-order valence-corrected chi connectivity index (χ2v) is 7.14. The molecule has 0 bridgehead atoms. The monoisotopic (exact) mass is 407 g/mol. The van der Waals surface area contributed by atoms with Crippen LogP contribution in [0.1, 0.15) is 19.9 Å². The van der Waals surface area contributed by atoms with Crippen LogP contribution >= 0.6 is 0 Å². The van der Waals surface area contributed by atoms with Gasteiger partial charge in [-0.2, -0.15) is 4.98 Å². The molecule has 7 nitrogen and oxygen atoms in total. The first-order valence-corrected chi connectivity index (χ1v) is 9.25. The van der Waals surface area contributed by atoms with Gasteiger partial charge < -0.3 is 9.09 Å². The minimum absolute atomic E-state index is 0.0608. The average Bonchev–Trinajstić information content (AvgIpc) is 3.35. The van der Waals surface area contributed by atoms with Crippen molar-refractivity contribution in [2.24, 2.45) is 0 Å². The van der Waals surface area contributed by atoms with Gasteiger partial charge in [-0.15, -0.1) is 0 Å². The molecule has 0 saturated heterocycles. The standard InChI is InChI=1S/C21H15F2N5O2/c1-11(2)28-16-9-14(23)7-8-15(16)27-10-24-17(18(27)21(28)29)20-25-19(26-30-20)12-3-5-13(22)6-4-12/h3-11H,1-2H3. The predicted octanol–water partition coefficient (Wildman–Crippen LogP) is 4.23. The fraction of sp³-hybridized carbons (Fsp3) is 0.143. The Labute approximate surface area is 168 Å². The van der Waals surface area contributed by atoms with Crippen molar-refractivity contribution in [3.63, 3.8) is 0 Å². The summed E-state index contributed by atoms with van der Waals surface area (Å²) in [5.41, 5.74) is 1.77. The third kappa shape index (κ3) is 2.70. The van der Waals surface area contributed by atoms with Crippen molar-refractivity contribution in [2.75, 3.05) is 0 Å². The van der Waals surface area contributed by atoms with E-state index in [-0.39, 0.29) is 40.3 Å². The molecule has 0 aliphatic rings. The highest BCUT2D eigenvalue weighted by Gasteiger charge is 2.22. The Morgan fingerprint density at radius 2 is 1.73 bits per heavy atom. The predicted molar refractivity (Wildman–Crippen MR) is 106 cm³/mol. The number of halogens is 2. The van der Waals surface area contributed by atoms with Crippen molar-refractivity contribution in [3.8, 4) is 23.0 Å². The summed E-state index contributed by atoms with van der Waals surface area (Å²) in [6, 6.07) is 9.69. The lowest BCUT2D eigenvalue weighted by molar-refractivity contribution is 0.431. The second-order valence-electron chi connectivity index (χ2n) is 7.14. The summed E-state index contributed by atoms with van der Waals surface area (Å²) in [5, 5.41) is 3.92. The number of nitrogens with zero attached hydrogens (tertiary/aromatic N) is 5. The smallest absolute Gasteiger partial charge is 0.279 e. The summed E-state index contributed by atoms with van der Waals surface area (Å²) < 4.78 is 35.5. The third-order valence-corrected chi connectivity index (χ3v) is 4.89. The average molecular weight is 407 g/mol. The number of hydrogen-bond acceptors (Lipinski definition) is 5. The molecule has 0 spiro atoms.